The maximum absolute atomic E-state index is 10.0. The Hall–Kier alpha value is -1.06. The van der Waals surface area contributed by atoms with E-state index in [0.717, 1.165) is 11.4 Å². The number of nitrogens with one attached hydrogen (secondary N) is 1. The van der Waals surface area contributed by atoms with E-state index in [1.54, 1.807) is 0 Å². The van der Waals surface area contributed by atoms with Crippen molar-refractivity contribution in [3.8, 4) is 0 Å². The molecule has 0 spiro atoms. The van der Waals surface area contributed by atoms with E-state index < -0.39 is 5.97 Å². The monoisotopic (exact) mass is 116 g/mol. The number of hydroxylamine groups is 2. The molecule has 1 N–H and O–H groups in total. The lowest BCUT2D eigenvalue weighted by atomic mass is 10.8. The first kappa shape index (κ1) is 6.94. The lowest BCUT2D eigenvalue weighted by Gasteiger charge is -2.07. The molecule has 0 bridgehead atoms. The number of hydrogen-bond donors (Lipinski definition) is 1. The number of nitrogens with zero attached hydrogens (tertiary/aromatic N) is 1. The van der Waals surface area contributed by atoms with E-state index in [1.807, 2.05) is 0 Å². The van der Waals surface area contributed by atoms with Gasteiger partial charge in [-0.3, -0.25) is 10.2 Å². The van der Waals surface area contributed by atoms with Crippen LogP contribution in [-0.2, 0) is 9.63 Å². The first-order valence-electron chi connectivity index (χ1n) is 2.08. The molecule has 0 aliphatic carbocycles. The third kappa shape index (κ3) is 3.14. The zero-order valence-electron chi connectivity index (χ0n) is 4.84. The van der Waals surface area contributed by atoms with Crippen molar-refractivity contribution >= 4 is 12.3 Å². The van der Waals surface area contributed by atoms with E-state index in [1.165, 1.54) is 14.0 Å². The van der Waals surface area contributed by atoms with Crippen LogP contribution in [0.1, 0.15) is 6.92 Å². The first-order chi connectivity index (χ1) is 3.66. The molecule has 0 aromatic rings. The van der Waals surface area contributed by atoms with Gasteiger partial charge in [0, 0.05) is 14.0 Å². The Morgan fingerprint density at radius 3 is 2.50 bits per heavy atom. The molecule has 46 valence electrons. The van der Waals surface area contributed by atoms with E-state index in [4.69, 9.17) is 5.41 Å². The first-order valence-corrected chi connectivity index (χ1v) is 2.08. The van der Waals surface area contributed by atoms with Crippen molar-refractivity contribution < 1.29 is 9.63 Å². The molecular formula is C4H8N2O2. The van der Waals surface area contributed by atoms with Gasteiger partial charge in [0.2, 0.25) is 0 Å². The minimum atomic E-state index is -0.420. The maximum Gasteiger partial charge on any atom is 0.329 e. The van der Waals surface area contributed by atoms with Gasteiger partial charge in [0.15, 0.2) is 0 Å². The highest BCUT2D eigenvalue weighted by atomic mass is 16.7. The Morgan fingerprint density at radius 2 is 2.38 bits per heavy atom. The van der Waals surface area contributed by atoms with E-state index >= 15 is 0 Å². The SMILES string of the molecule is CC(=O)ON(C)C=N. The fourth-order valence-corrected chi connectivity index (χ4v) is 0.229. The standard InChI is InChI=1S/C4H8N2O2/c1-4(7)8-6(2)3-5/h3,5H,1-2H3. The van der Waals surface area contributed by atoms with E-state index in [9.17, 15) is 4.79 Å². The van der Waals surface area contributed by atoms with Crippen LogP contribution in [0.4, 0.5) is 0 Å². The molecule has 0 aromatic heterocycles. The summed E-state index contributed by atoms with van der Waals surface area (Å²) < 4.78 is 0. The molecule has 0 aliphatic rings. The molecule has 0 saturated carbocycles. The van der Waals surface area contributed by atoms with Gasteiger partial charge in [-0.25, -0.2) is 0 Å². The molecule has 0 saturated heterocycles. The topological polar surface area (TPSA) is 53.4 Å². The van der Waals surface area contributed by atoms with Gasteiger partial charge in [0.05, 0.1) is 0 Å². The molecule has 0 aromatic carbocycles. The molecule has 0 radical (unpaired) electrons. The number of carbonyl (C=O) groups is 1. The average molecular weight is 116 g/mol. The third-order valence-corrected chi connectivity index (χ3v) is 0.454. The Balaban J connectivity index is 3.38. The van der Waals surface area contributed by atoms with Crippen LogP contribution >= 0.6 is 0 Å². The molecule has 0 amide bonds. The van der Waals surface area contributed by atoms with Crippen molar-refractivity contribution in [2.75, 3.05) is 7.05 Å². The minimum absolute atomic E-state index is 0.420. The zero-order chi connectivity index (χ0) is 6.57. The molecule has 0 atom stereocenters. The highest BCUT2D eigenvalue weighted by molar-refractivity contribution is 5.67. The summed E-state index contributed by atoms with van der Waals surface area (Å²) in [5.74, 6) is -0.420. The van der Waals surface area contributed by atoms with Gasteiger partial charge in [0.1, 0.15) is 6.34 Å². The van der Waals surface area contributed by atoms with Crippen LogP contribution < -0.4 is 0 Å². The van der Waals surface area contributed by atoms with Gasteiger partial charge in [0.25, 0.3) is 0 Å². The predicted molar refractivity (Wildman–Crippen MR) is 28.3 cm³/mol. The highest BCUT2D eigenvalue weighted by Crippen LogP contribution is 1.77. The van der Waals surface area contributed by atoms with Crippen LogP contribution in [0.25, 0.3) is 0 Å². The molecule has 0 heterocycles. The van der Waals surface area contributed by atoms with Gasteiger partial charge in [-0.15, -0.1) is 0 Å². The molecule has 8 heavy (non-hydrogen) atoms. The van der Waals surface area contributed by atoms with Crippen molar-refractivity contribution in [1.82, 2.24) is 5.06 Å². The summed E-state index contributed by atoms with van der Waals surface area (Å²) in [5.41, 5.74) is 0. The second kappa shape index (κ2) is 3.01. The Kier molecular flexibility index (Phi) is 2.61. The summed E-state index contributed by atoms with van der Waals surface area (Å²) in [6, 6.07) is 0. The summed E-state index contributed by atoms with van der Waals surface area (Å²) in [4.78, 5) is 14.4. The fraction of sp³-hybridized carbons (Fsp3) is 0.500. The third-order valence-electron chi connectivity index (χ3n) is 0.454. The summed E-state index contributed by atoms with van der Waals surface area (Å²) in [6.45, 7) is 1.28. The molecule has 4 nitrogen and oxygen atoms in total. The molecular weight excluding hydrogens is 108 g/mol. The van der Waals surface area contributed by atoms with Gasteiger partial charge in [-0.1, -0.05) is 0 Å². The van der Waals surface area contributed by atoms with Gasteiger partial charge < -0.3 is 4.84 Å². The summed E-state index contributed by atoms with van der Waals surface area (Å²) >= 11 is 0. The second-order valence-electron chi connectivity index (χ2n) is 1.26. The van der Waals surface area contributed by atoms with Gasteiger partial charge in [-0.2, -0.15) is 5.06 Å². The smallest absolute Gasteiger partial charge is 0.329 e. The summed E-state index contributed by atoms with van der Waals surface area (Å²) in [7, 11) is 1.47. The van der Waals surface area contributed by atoms with Crippen molar-refractivity contribution in [1.29, 1.82) is 5.41 Å². The number of carbonyl (C=O) groups excluding carboxylic acids is 1. The van der Waals surface area contributed by atoms with Crippen LogP contribution in [0.3, 0.4) is 0 Å². The Bertz CT molecular complexity index is 102. The van der Waals surface area contributed by atoms with Crippen LogP contribution in [-0.4, -0.2) is 24.4 Å². The van der Waals surface area contributed by atoms with Crippen molar-refractivity contribution in [2.45, 2.75) is 6.92 Å². The average Bonchev–Trinajstić information content (AvgIpc) is 1.65. The van der Waals surface area contributed by atoms with Crippen molar-refractivity contribution in [3.05, 3.63) is 0 Å². The van der Waals surface area contributed by atoms with Crippen LogP contribution in [0.2, 0.25) is 0 Å². The van der Waals surface area contributed by atoms with E-state index in [0.29, 0.717) is 0 Å². The molecule has 0 fully saturated rings. The van der Waals surface area contributed by atoms with Crippen molar-refractivity contribution in [2.24, 2.45) is 0 Å². The van der Waals surface area contributed by atoms with Crippen LogP contribution in [0.15, 0.2) is 0 Å². The van der Waals surface area contributed by atoms with Gasteiger partial charge >= 0.3 is 5.97 Å². The Labute approximate surface area is 47.5 Å². The zero-order valence-corrected chi connectivity index (χ0v) is 4.84. The van der Waals surface area contributed by atoms with E-state index in [2.05, 4.69) is 4.84 Å². The normalized spacial score (nSPS) is 7.75. The molecule has 0 rings (SSSR count). The maximum atomic E-state index is 10.0. The fourth-order valence-electron chi connectivity index (χ4n) is 0.229. The molecule has 0 aliphatic heterocycles. The number of rotatable bonds is 2. The van der Waals surface area contributed by atoms with E-state index in [-0.39, 0.29) is 0 Å². The van der Waals surface area contributed by atoms with Crippen LogP contribution in [0, 0.1) is 5.41 Å². The lowest BCUT2D eigenvalue weighted by molar-refractivity contribution is -0.165. The number of hydrogen-bond acceptors (Lipinski definition) is 3. The summed E-state index contributed by atoms with van der Waals surface area (Å²) in [6.07, 6.45) is 0.904. The highest BCUT2D eigenvalue weighted by Gasteiger charge is 1.92. The minimum Gasteiger partial charge on any atom is -0.341 e. The quantitative estimate of drug-likeness (QED) is 0.314. The van der Waals surface area contributed by atoms with Crippen molar-refractivity contribution in [3.63, 3.8) is 0 Å². The Morgan fingerprint density at radius 1 is 1.88 bits per heavy atom. The predicted octanol–water partition coefficient (Wildman–Crippen LogP) is 0.00337. The lowest BCUT2D eigenvalue weighted by Crippen LogP contribution is -2.18. The largest absolute Gasteiger partial charge is 0.341 e. The van der Waals surface area contributed by atoms with Crippen LogP contribution in [0.5, 0.6) is 0 Å². The molecule has 0 unspecified atom stereocenters. The second-order valence-corrected chi connectivity index (χ2v) is 1.26. The summed E-state index contributed by atoms with van der Waals surface area (Å²) in [5, 5.41) is 7.54. The van der Waals surface area contributed by atoms with Gasteiger partial charge in [-0.05, 0) is 0 Å². The molecule has 4 heteroatoms.